The van der Waals surface area contributed by atoms with Gasteiger partial charge in [-0.1, -0.05) is 18.2 Å². The van der Waals surface area contributed by atoms with Gasteiger partial charge < -0.3 is 15.0 Å². The Labute approximate surface area is 200 Å². The number of anilines is 1. The van der Waals surface area contributed by atoms with Crippen LogP contribution in [0, 0.1) is 5.82 Å². The molecule has 2 rings (SSSR count). The van der Waals surface area contributed by atoms with E-state index in [4.69, 9.17) is 4.74 Å². The van der Waals surface area contributed by atoms with Crippen LogP contribution in [0.1, 0.15) is 33.3 Å². The van der Waals surface area contributed by atoms with Gasteiger partial charge in [-0.2, -0.15) is 0 Å². The van der Waals surface area contributed by atoms with Gasteiger partial charge >= 0.3 is 0 Å². The quantitative estimate of drug-likeness (QED) is 0.580. The molecule has 0 spiro atoms. The largest absolute Gasteiger partial charge is 0.497 e. The minimum Gasteiger partial charge on any atom is -0.497 e. The molecular formula is C24H32FN3O5S. The third-order valence-corrected chi connectivity index (χ3v) is 6.07. The smallest absolute Gasteiger partial charge is 0.244 e. The highest BCUT2D eigenvalue weighted by atomic mass is 32.2. The minimum atomic E-state index is -3.92. The number of carbonyl (C=O) groups excluding carboxylic acids is 2. The van der Waals surface area contributed by atoms with E-state index < -0.39 is 39.9 Å². The number of methoxy groups -OCH3 is 1. The fourth-order valence-corrected chi connectivity index (χ4v) is 4.11. The Morgan fingerprint density at radius 3 is 2.32 bits per heavy atom. The molecule has 2 aromatic rings. The molecule has 8 nitrogen and oxygen atoms in total. The predicted molar refractivity (Wildman–Crippen MR) is 129 cm³/mol. The van der Waals surface area contributed by atoms with Gasteiger partial charge in [0, 0.05) is 12.1 Å². The summed E-state index contributed by atoms with van der Waals surface area (Å²) in [6.07, 6.45) is 0.938. The number of hydrogen-bond acceptors (Lipinski definition) is 5. The second-order valence-electron chi connectivity index (χ2n) is 9.04. The molecule has 0 aromatic heterocycles. The average Bonchev–Trinajstić information content (AvgIpc) is 2.73. The lowest BCUT2D eigenvalue weighted by molar-refractivity contribution is -0.140. The number of amides is 2. The van der Waals surface area contributed by atoms with Crippen molar-refractivity contribution in [2.24, 2.45) is 0 Å². The van der Waals surface area contributed by atoms with Gasteiger partial charge in [-0.05, 0) is 63.6 Å². The fourth-order valence-electron chi connectivity index (χ4n) is 3.27. The Balaban J connectivity index is 2.42. The number of nitrogens with zero attached hydrogens (tertiary/aromatic N) is 2. The number of nitrogens with one attached hydrogen (secondary N) is 1. The number of carbonyl (C=O) groups is 2. The molecule has 1 unspecified atom stereocenters. The van der Waals surface area contributed by atoms with Gasteiger partial charge in [-0.15, -0.1) is 0 Å². The van der Waals surface area contributed by atoms with Crippen LogP contribution in [-0.4, -0.2) is 56.6 Å². The molecule has 0 aliphatic rings. The molecule has 0 bridgehead atoms. The number of hydrogen-bond donors (Lipinski definition) is 1. The van der Waals surface area contributed by atoms with Gasteiger partial charge in [0.1, 0.15) is 24.2 Å². The summed E-state index contributed by atoms with van der Waals surface area (Å²) in [6.45, 7) is 6.48. The predicted octanol–water partition coefficient (Wildman–Crippen LogP) is 2.93. The lowest BCUT2D eigenvalue weighted by atomic mass is 10.1. The van der Waals surface area contributed by atoms with Crippen molar-refractivity contribution >= 4 is 27.5 Å². The minimum absolute atomic E-state index is 0.0176. The molecule has 0 radical (unpaired) electrons. The van der Waals surface area contributed by atoms with Crippen molar-refractivity contribution < 1.29 is 27.1 Å². The van der Waals surface area contributed by atoms with Crippen LogP contribution in [0.4, 0.5) is 10.1 Å². The van der Waals surface area contributed by atoms with Crippen LogP contribution in [0.2, 0.25) is 0 Å². The molecule has 2 amide bonds. The van der Waals surface area contributed by atoms with E-state index >= 15 is 0 Å². The third-order valence-electron chi connectivity index (χ3n) is 4.93. The summed E-state index contributed by atoms with van der Waals surface area (Å²) >= 11 is 0. The second-order valence-corrected chi connectivity index (χ2v) is 10.9. The Hall–Kier alpha value is -3.14. The standard InChI is InChI=1S/C24H32FN3O5S/c1-17(23(30)26-24(2,3)4)27(15-18-9-7-12-21(13-18)33-5)22(29)16-28(34(6,31)32)20-11-8-10-19(25)14-20/h7-14,17H,15-16H2,1-6H3,(H,26,30). The van der Waals surface area contributed by atoms with Crippen molar-refractivity contribution in [2.45, 2.75) is 45.8 Å². The first-order valence-electron chi connectivity index (χ1n) is 10.7. The molecule has 0 saturated carbocycles. The van der Waals surface area contributed by atoms with Gasteiger partial charge in [0.05, 0.1) is 19.1 Å². The zero-order valence-electron chi connectivity index (χ0n) is 20.3. The van der Waals surface area contributed by atoms with Crippen molar-refractivity contribution in [1.29, 1.82) is 0 Å². The third kappa shape index (κ3) is 7.72. The summed E-state index contributed by atoms with van der Waals surface area (Å²) < 4.78 is 44.8. The van der Waals surface area contributed by atoms with Crippen molar-refractivity contribution in [2.75, 3.05) is 24.2 Å². The highest BCUT2D eigenvalue weighted by molar-refractivity contribution is 7.92. The molecule has 34 heavy (non-hydrogen) atoms. The Morgan fingerprint density at radius 1 is 1.12 bits per heavy atom. The summed E-state index contributed by atoms with van der Waals surface area (Å²) in [7, 11) is -2.40. The number of sulfonamides is 1. The Bertz CT molecular complexity index is 1130. The van der Waals surface area contributed by atoms with Gasteiger partial charge in [0.15, 0.2) is 0 Å². The SMILES string of the molecule is COc1cccc(CN(C(=O)CN(c2cccc(F)c2)S(C)(=O)=O)C(C)C(=O)NC(C)(C)C)c1. The van der Waals surface area contributed by atoms with E-state index in [1.807, 2.05) is 20.8 Å². The van der Waals surface area contributed by atoms with Crippen LogP contribution >= 0.6 is 0 Å². The number of benzene rings is 2. The van der Waals surface area contributed by atoms with E-state index in [2.05, 4.69) is 5.32 Å². The highest BCUT2D eigenvalue weighted by Crippen LogP contribution is 2.21. The van der Waals surface area contributed by atoms with Crippen LogP contribution in [-0.2, 0) is 26.2 Å². The van der Waals surface area contributed by atoms with Crippen molar-refractivity contribution in [3.05, 3.63) is 59.9 Å². The van der Waals surface area contributed by atoms with Crippen LogP contribution < -0.4 is 14.4 Å². The zero-order chi connectivity index (χ0) is 25.7. The normalized spacial score (nSPS) is 12.6. The molecule has 10 heteroatoms. The summed E-state index contributed by atoms with van der Waals surface area (Å²) in [5.74, 6) is -1.06. The highest BCUT2D eigenvalue weighted by Gasteiger charge is 2.31. The molecule has 0 aliphatic carbocycles. The number of rotatable bonds is 9. The van der Waals surface area contributed by atoms with E-state index in [-0.39, 0.29) is 18.1 Å². The van der Waals surface area contributed by atoms with Crippen LogP contribution in [0.25, 0.3) is 0 Å². The maximum Gasteiger partial charge on any atom is 0.244 e. The molecule has 1 atom stereocenters. The van der Waals surface area contributed by atoms with E-state index in [0.29, 0.717) is 11.3 Å². The molecule has 186 valence electrons. The van der Waals surface area contributed by atoms with Gasteiger partial charge in [0.25, 0.3) is 0 Å². The summed E-state index contributed by atoms with van der Waals surface area (Å²) in [6, 6.07) is 11.1. The molecular weight excluding hydrogens is 461 g/mol. The van der Waals surface area contributed by atoms with Crippen molar-refractivity contribution in [3.63, 3.8) is 0 Å². The average molecular weight is 494 g/mol. The van der Waals surface area contributed by atoms with Gasteiger partial charge in [-0.3, -0.25) is 13.9 Å². The van der Waals surface area contributed by atoms with E-state index in [0.717, 1.165) is 16.6 Å². The summed E-state index contributed by atoms with van der Waals surface area (Å²) in [5, 5.41) is 2.85. The van der Waals surface area contributed by atoms with Gasteiger partial charge in [0.2, 0.25) is 21.8 Å². The summed E-state index contributed by atoms with van der Waals surface area (Å²) in [4.78, 5) is 27.6. The van der Waals surface area contributed by atoms with E-state index in [1.54, 1.807) is 31.2 Å². The first-order chi connectivity index (χ1) is 15.7. The molecule has 0 aliphatic heterocycles. The van der Waals surface area contributed by atoms with Gasteiger partial charge in [-0.25, -0.2) is 12.8 Å². The first-order valence-corrected chi connectivity index (χ1v) is 12.5. The van der Waals surface area contributed by atoms with Crippen LogP contribution in [0.15, 0.2) is 48.5 Å². The zero-order valence-corrected chi connectivity index (χ0v) is 21.1. The second kappa shape index (κ2) is 10.9. The van der Waals surface area contributed by atoms with Crippen molar-refractivity contribution in [3.8, 4) is 5.75 Å². The molecule has 0 heterocycles. The maximum absolute atomic E-state index is 13.8. The number of ether oxygens (including phenoxy) is 1. The molecule has 1 N–H and O–H groups in total. The van der Waals surface area contributed by atoms with E-state index in [1.165, 1.54) is 30.2 Å². The fraction of sp³-hybridized carbons (Fsp3) is 0.417. The maximum atomic E-state index is 13.8. The first kappa shape index (κ1) is 27.1. The Kier molecular flexibility index (Phi) is 8.66. The lowest BCUT2D eigenvalue weighted by Gasteiger charge is -2.33. The van der Waals surface area contributed by atoms with Crippen LogP contribution in [0.3, 0.4) is 0 Å². The number of halogens is 1. The topological polar surface area (TPSA) is 96.0 Å². The van der Waals surface area contributed by atoms with E-state index in [9.17, 15) is 22.4 Å². The lowest BCUT2D eigenvalue weighted by Crippen LogP contribution is -2.54. The van der Waals surface area contributed by atoms with Crippen molar-refractivity contribution in [1.82, 2.24) is 10.2 Å². The summed E-state index contributed by atoms with van der Waals surface area (Å²) in [5.41, 5.74) is 0.180. The Morgan fingerprint density at radius 2 is 1.76 bits per heavy atom. The van der Waals surface area contributed by atoms with Crippen LogP contribution in [0.5, 0.6) is 5.75 Å². The molecule has 0 fully saturated rings. The molecule has 0 saturated heterocycles. The molecule has 2 aromatic carbocycles. The monoisotopic (exact) mass is 493 g/mol.